The smallest absolute Gasteiger partial charge is 0.312 e. The summed E-state index contributed by atoms with van der Waals surface area (Å²) < 4.78 is 12.3. The quantitative estimate of drug-likeness (QED) is 0.265. The summed E-state index contributed by atoms with van der Waals surface area (Å²) in [5.74, 6) is -3.37. The Morgan fingerprint density at radius 3 is 2.53 bits per heavy atom. The van der Waals surface area contributed by atoms with Crippen molar-refractivity contribution in [2.75, 3.05) is 19.7 Å². The molecule has 1 spiro atoms. The zero-order chi connectivity index (χ0) is 31.5. The molecule has 1 aromatic rings. The highest BCUT2D eigenvalue weighted by molar-refractivity contribution is 5.98. The largest absolute Gasteiger partial charge is 0.460 e. The van der Waals surface area contributed by atoms with E-state index in [1.54, 1.807) is 24.0 Å². The van der Waals surface area contributed by atoms with Gasteiger partial charge in [-0.05, 0) is 52.5 Å². The third-order valence-electron chi connectivity index (χ3n) is 8.80. The van der Waals surface area contributed by atoms with Crippen LogP contribution >= 0.6 is 0 Å². The van der Waals surface area contributed by atoms with Gasteiger partial charge in [0, 0.05) is 18.5 Å². The first-order valence-electron chi connectivity index (χ1n) is 15.1. The van der Waals surface area contributed by atoms with Gasteiger partial charge < -0.3 is 29.7 Å². The van der Waals surface area contributed by atoms with Crippen molar-refractivity contribution >= 4 is 23.7 Å². The molecule has 3 amide bonds. The fourth-order valence-corrected chi connectivity index (χ4v) is 6.87. The second-order valence-electron chi connectivity index (χ2n) is 12.7. The molecule has 10 nitrogen and oxygen atoms in total. The van der Waals surface area contributed by atoms with Crippen LogP contribution in [0.25, 0.3) is 0 Å². The number of hydrogen-bond donors (Lipinski definition) is 2. The summed E-state index contributed by atoms with van der Waals surface area (Å²) >= 11 is 0. The molecule has 1 aromatic carbocycles. The van der Waals surface area contributed by atoms with Crippen molar-refractivity contribution in [2.24, 2.45) is 11.8 Å². The molecule has 0 aliphatic carbocycles. The molecule has 3 aliphatic heterocycles. The Hall–Kier alpha value is -3.50. The number of carbonyl (C=O) groups is 4. The van der Waals surface area contributed by atoms with E-state index in [-0.39, 0.29) is 31.3 Å². The van der Waals surface area contributed by atoms with E-state index in [1.165, 1.54) is 4.90 Å². The van der Waals surface area contributed by atoms with E-state index in [4.69, 9.17) is 9.47 Å². The summed E-state index contributed by atoms with van der Waals surface area (Å²) in [4.78, 5) is 57.9. The number of rotatable bonds is 13. The van der Waals surface area contributed by atoms with Gasteiger partial charge in [0.05, 0.1) is 37.1 Å². The number of aliphatic hydroxyl groups excluding tert-OH is 1. The van der Waals surface area contributed by atoms with Crippen molar-refractivity contribution in [1.29, 1.82) is 0 Å². The monoisotopic (exact) mass is 595 g/mol. The second-order valence-corrected chi connectivity index (χ2v) is 12.7. The number of carbonyl (C=O) groups excluding carboxylic acids is 4. The maximum Gasteiger partial charge on any atom is 0.312 e. The van der Waals surface area contributed by atoms with E-state index < -0.39 is 65.8 Å². The fraction of sp³-hybridized carbons (Fsp3) is 0.576. The fourth-order valence-electron chi connectivity index (χ4n) is 6.87. The summed E-state index contributed by atoms with van der Waals surface area (Å²) in [5, 5.41) is 13.4. The van der Waals surface area contributed by atoms with Crippen molar-refractivity contribution in [3.63, 3.8) is 0 Å². The van der Waals surface area contributed by atoms with E-state index >= 15 is 0 Å². The van der Waals surface area contributed by atoms with Crippen LogP contribution in [0.1, 0.15) is 65.0 Å². The molecule has 3 saturated heterocycles. The van der Waals surface area contributed by atoms with Crippen molar-refractivity contribution in [2.45, 2.75) is 88.8 Å². The van der Waals surface area contributed by atoms with Crippen LogP contribution < -0.4 is 5.32 Å². The number of likely N-dealkylation sites (tertiary alicyclic amines) is 1. The molecule has 4 rings (SSSR count). The zero-order valence-electron chi connectivity index (χ0n) is 25.7. The van der Waals surface area contributed by atoms with Gasteiger partial charge in [0.25, 0.3) is 0 Å². The number of nitrogens with zero attached hydrogens (tertiary/aromatic N) is 2. The van der Waals surface area contributed by atoms with Crippen LogP contribution in [0.4, 0.5) is 0 Å². The summed E-state index contributed by atoms with van der Waals surface area (Å²) in [6, 6.07) is 7.19. The minimum Gasteiger partial charge on any atom is -0.460 e. The lowest BCUT2D eigenvalue weighted by Crippen LogP contribution is -2.60. The lowest BCUT2D eigenvalue weighted by Gasteiger charge is -2.43. The Bertz CT molecular complexity index is 1230. The van der Waals surface area contributed by atoms with Crippen molar-refractivity contribution < 1.29 is 33.8 Å². The molecule has 43 heavy (non-hydrogen) atoms. The van der Waals surface area contributed by atoms with Crippen LogP contribution in [0.3, 0.4) is 0 Å². The molecule has 2 N–H and O–H groups in total. The van der Waals surface area contributed by atoms with Gasteiger partial charge in [0.2, 0.25) is 17.7 Å². The van der Waals surface area contributed by atoms with Crippen LogP contribution in [0.15, 0.2) is 55.6 Å². The minimum atomic E-state index is -1.25. The van der Waals surface area contributed by atoms with Gasteiger partial charge in [-0.1, -0.05) is 42.5 Å². The number of amides is 3. The molecule has 10 heteroatoms. The maximum absolute atomic E-state index is 14.6. The normalized spacial score (nSPS) is 27.3. The SMILES string of the molecule is C=CCCC(=O)NC[C@@H](C)OC(=O)[C@@H]1[C@@H]2CC[C@]3(O2)[C@H](C(=O)N(CC=C)C(C)(C)C)N([C@H](CO)c2ccccc2)C(=O)[C@@H]13. The molecule has 3 heterocycles. The molecule has 7 atom stereocenters. The highest BCUT2D eigenvalue weighted by atomic mass is 16.6. The van der Waals surface area contributed by atoms with E-state index in [0.29, 0.717) is 24.8 Å². The van der Waals surface area contributed by atoms with Crippen LogP contribution in [0, 0.1) is 11.8 Å². The number of fused-ring (bicyclic) bond motifs is 1. The first kappa shape index (κ1) is 32.4. The Morgan fingerprint density at radius 1 is 1.23 bits per heavy atom. The van der Waals surface area contributed by atoms with Gasteiger partial charge in [-0.25, -0.2) is 0 Å². The number of aliphatic hydroxyl groups is 1. The molecule has 3 fully saturated rings. The zero-order valence-corrected chi connectivity index (χ0v) is 25.7. The number of nitrogens with one attached hydrogen (secondary N) is 1. The highest BCUT2D eigenvalue weighted by Crippen LogP contribution is 2.60. The number of hydrogen-bond acceptors (Lipinski definition) is 7. The Morgan fingerprint density at radius 2 is 1.93 bits per heavy atom. The maximum atomic E-state index is 14.6. The molecule has 0 radical (unpaired) electrons. The number of benzene rings is 1. The first-order valence-corrected chi connectivity index (χ1v) is 15.1. The van der Waals surface area contributed by atoms with Crippen LogP contribution in [-0.2, 0) is 28.7 Å². The summed E-state index contributed by atoms with van der Waals surface area (Å²) in [7, 11) is 0. The predicted molar refractivity (Wildman–Crippen MR) is 160 cm³/mol. The number of allylic oxidation sites excluding steroid dienone is 1. The van der Waals surface area contributed by atoms with Gasteiger partial charge in [-0.15, -0.1) is 13.2 Å². The Balaban J connectivity index is 1.68. The van der Waals surface area contributed by atoms with Crippen LogP contribution in [0.5, 0.6) is 0 Å². The Kier molecular flexibility index (Phi) is 9.81. The summed E-state index contributed by atoms with van der Waals surface area (Å²) in [6.07, 6.45) is 3.81. The van der Waals surface area contributed by atoms with Gasteiger partial charge in [-0.3, -0.25) is 19.2 Å². The van der Waals surface area contributed by atoms with E-state index in [9.17, 15) is 24.3 Å². The number of esters is 1. The highest BCUT2D eigenvalue weighted by Gasteiger charge is 2.76. The summed E-state index contributed by atoms with van der Waals surface area (Å²) in [6.45, 7) is 14.8. The lowest BCUT2D eigenvalue weighted by atomic mass is 9.70. The van der Waals surface area contributed by atoms with Gasteiger partial charge in [-0.2, -0.15) is 0 Å². The third-order valence-corrected chi connectivity index (χ3v) is 8.80. The van der Waals surface area contributed by atoms with Crippen LogP contribution in [0.2, 0.25) is 0 Å². The first-order chi connectivity index (χ1) is 20.4. The van der Waals surface area contributed by atoms with Gasteiger partial charge in [0.1, 0.15) is 17.7 Å². The number of ether oxygens (including phenoxy) is 2. The van der Waals surface area contributed by atoms with Crippen molar-refractivity contribution in [3.8, 4) is 0 Å². The standard InChI is InChI=1S/C33H45N3O7/c1-7-9-15-25(38)34-19-21(3)42-31(41)26-24-16-17-33(43-24)27(26)29(39)36(23(20-37)22-13-11-10-12-14-22)28(33)30(40)35(18-8-2)32(4,5)6/h7-8,10-14,21,23-24,26-28,37H,1-2,9,15-20H2,3-6H3,(H,34,38)/t21-,23-,24+,26-,27-,28+,33-/m1/s1. The molecule has 0 unspecified atom stereocenters. The van der Waals surface area contributed by atoms with Crippen LogP contribution in [-0.4, -0.2) is 87.7 Å². The van der Waals surface area contributed by atoms with Gasteiger partial charge >= 0.3 is 5.97 Å². The molecular weight excluding hydrogens is 550 g/mol. The molecule has 0 aromatic heterocycles. The minimum absolute atomic E-state index is 0.125. The van der Waals surface area contributed by atoms with Crippen molar-refractivity contribution in [3.05, 3.63) is 61.2 Å². The molecule has 3 aliphatic rings. The molecule has 2 bridgehead atoms. The predicted octanol–water partition coefficient (Wildman–Crippen LogP) is 2.92. The molecule has 0 saturated carbocycles. The third kappa shape index (κ3) is 6.13. The Labute approximate surface area is 254 Å². The van der Waals surface area contributed by atoms with E-state index in [1.807, 2.05) is 51.1 Å². The molecular formula is C33H45N3O7. The van der Waals surface area contributed by atoms with E-state index in [2.05, 4.69) is 18.5 Å². The van der Waals surface area contributed by atoms with E-state index in [0.717, 1.165) is 0 Å². The average molecular weight is 596 g/mol. The topological polar surface area (TPSA) is 125 Å². The second kappa shape index (κ2) is 13.0. The average Bonchev–Trinajstić information content (AvgIpc) is 3.61. The molecule has 234 valence electrons. The van der Waals surface area contributed by atoms with Gasteiger partial charge in [0.15, 0.2) is 0 Å². The van der Waals surface area contributed by atoms with Crippen molar-refractivity contribution in [1.82, 2.24) is 15.1 Å². The lowest BCUT2D eigenvalue weighted by molar-refractivity contribution is -0.160. The summed E-state index contributed by atoms with van der Waals surface area (Å²) in [5.41, 5.74) is -1.18.